The molecular formula is C16H15Cl2N3O3. The second kappa shape index (κ2) is 7.99. The van der Waals surface area contributed by atoms with Gasteiger partial charge in [-0.15, -0.1) is 6.58 Å². The van der Waals surface area contributed by atoms with Crippen molar-refractivity contribution in [2.45, 2.75) is 6.92 Å². The van der Waals surface area contributed by atoms with Crippen molar-refractivity contribution < 1.29 is 14.1 Å². The number of nitrogens with one attached hydrogen (secondary N) is 1. The first kappa shape index (κ1) is 18.0. The maximum absolute atomic E-state index is 12.6. The number of halogens is 2. The third kappa shape index (κ3) is 4.59. The van der Waals surface area contributed by atoms with Crippen molar-refractivity contribution in [2.75, 3.05) is 18.4 Å². The van der Waals surface area contributed by atoms with Crippen molar-refractivity contribution in [3.05, 3.63) is 58.3 Å². The lowest BCUT2D eigenvalue weighted by molar-refractivity contribution is -0.116. The van der Waals surface area contributed by atoms with Crippen molar-refractivity contribution >= 4 is 40.8 Å². The van der Waals surface area contributed by atoms with E-state index in [0.29, 0.717) is 16.3 Å². The molecule has 0 saturated heterocycles. The van der Waals surface area contributed by atoms with Crippen LogP contribution in [0.4, 0.5) is 5.82 Å². The second-order valence-corrected chi connectivity index (χ2v) is 5.79. The normalized spacial score (nSPS) is 10.3. The van der Waals surface area contributed by atoms with Crippen LogP contribution in [-0.2, 0) is 4.79 Å². The van der Waals surface area contributed by atoms with Crippen LogP contribution >= 0.6 is 23.2 Å². The molecular weight excluding hydrogens is 353 g/mol. The monoisotopic (exact) mass is 367 g/mol. The summed E-state index contributed by atoms with van der Waals surface area (Å²) in [6.07, 6.45) is 1.53. The molecule has 0 radical (unpaired) electrons. The number of aromatic nitrogens is 1. The number of carbonyl (C=O) groups is 2. The Morgan fingerprint density at radius 2 is 2.08 bits per heavy atom. The first-order valence-electron chi connectivity index (χ1n) is 6.99. The number of benzene rings is 1. The number of rotatable bonds is 6. The summed E-state index contributed by atoms with van der Waals surface area (Å²) in [7, 11) is 0. The van der Waals surface area contributed by atoms with Gasteiger partial charge in [-0.05, 0) is 25.1 Å². The minimum atomic E-state index is -0.404. The quantitative estimate of drug-likeness (QED) is 0.792. The molecule has 0 bridgehead atoms. The maximum Gasteiger partial charge on any atom is 0.254 e. The van der Waals surface area contributed by atoms with Gasteiger partial charge in [0.25, 0.3) is 5.91 Å². The van der Waals surface area contributed by atoms with Crippen LogP contribution in [0, 0.1) is 6.92 Å². The molecule has 1 heterocycles. The van der Waals surface area contributed by atoms with Gasteiger partial charge in [0.1, 0.15) is 12.3 Å². The van der Waals surface area contributed by atoms with Crippen LogP contribution in [0.1, 0.15) is 16.1 Å². The molecule has 1 aromatic heterocycles. The van der Waals surface area contributed by atoms with Gasteiger partial charge in [-0.3, -0.25) is 9.59 Å². The fourth-order valence-corrected chi connectivity index (χ4v) is 2.27. The Labute approximate surface area is 149 Å². The molecule has 8 heteroatoms. The predicted molar refractivity (Wildman–Crippen MR) is 92.4 cm³/mol. The molecule has 0 aliphatic rings. The van der Waals surface area contributed by atoms with Crippen LogP contribution in [0.2, 0.25) is 10.0 Å². The van der Waals surface area contributed by atoms with E-state index in [0.717, 1.165) is 0 Å². The van der Waals surface area contributed by atoms with Gasteiger partial charge in [-0.1, -0.05) is 34.4 Å². The van der Waals surface area contributed by atoms with Gasteiger partial charge in [-0.2, -0.15) is 0 Å². The summed E-state index contributed by atoms with van der Waals surface area (Å²) in [4.78, 5) is 26.0. The molecule has 6 nitrogen and oxygen atoms in total. The molecule has 2 rings (SSSR count). The molecule has 0 spiro atoms. The summed E-state index contributed by atoms with van der Waals surface area (Å²) in [5.41, 5.74) is 0.330. The second-order valence-electron chi connectivity index (χ2n) is 4.97. The highest BCUT2D eigenvalue weighted by molar-refractivity contribution is 6.42. The third-order valence-corrected chi connectivity index (χ3v) is 3.77. The van der Waals surface area contributed by atoms with Gasteiger partial charge >= 0.3 is 0 Å². The zero-order valence-electron chi connectivity index (χ0n) is 12.9. The molecule has 0 aliphatic carbocycles. The van der Waals surface area contributed by atoms with E-state index in [1.165, 1.54) is 23.1 Å². The minimum absolute atomic E-state index is 0.170. The minimum Gasteiger partial charge on any atom is -0.360 e. The number of anilines is 1. The van der Waals surface area contributed by atoms with Crippen molar-refractivity contribution in [3.63, 3.8) is 0 Å². The highest BCUT2D eigenvalue weighted by Gasteiger charge is 2.19. The van der Waals surface area contributed by atoms with E-state index in [1.807, 2.05) is 0 Å². The summed E-state index contributed by atoms with van der Waals surface area (Å²) in [5, 5.41) is 6.85. The lowest BCUT2D eigenvalue weighted by Crippen LogP contribution is -2.38. The zero-order valence-corrected chi connectivity index (χ0v) is 14.4. The lowest BCUT2D eigenvalue weighted by Gasteiger charge is -2.20. The van der Waals surface area contributed by atoms with E-state index in [4.69, 9.17) is 27.7 Å². The average molecular weight is 368 g/mol. The van der Waals surface area contributed by atoms with Crippen LogP contribution in [0.25, 0.3) is 0 Å². The molecule has 1 aromatic carbocycles. The van der Waals surface area contributed by atoms with Crippen LogP contribution in [0.5, 0.6) is 0 Å². The highest BCUT2D eigenvalue weighted by Crippen LogP contribution is 2.23. The largest absolute Gasteiger partial charge is 0.360 e. The van der Waals surface area contributed by atoms with Crippen LogP contribution in [0.15, 0.2) is 41.4 Å². The Hall–Kier alpha value is -2.31. The standard InChI is InChI=1S/C16H15Cl2N3O3/c1-3-6-21(9-15(22)19-14-7-10(2)24-20-14)16(23)11-4-5-12(17)13(18)8-11/h3-5,7-8H,1,6,9H2,2H3,(H,19,20,22). The van der Waals surface area contributed by atoms with Gasteiger partial charge in [-0.25, -0.2) is 0 Å². The molecule has 0 unspecified atom stereocenters. The Morgan fingerprint density at radius 3 is 2.67 bits per heavy atom. The van der Waals surface area contributed by atoms with Crippen LogP contribution < -0.4 is 5.32 Å². The number of hydrogen-bond donors (Lipinski definition) is 1. The predicted octanol–water partition coefficient (Wildman–Crippen LogP) is 3.56. The maximum atomic E-state index is 12.6. The first-order valence-corrected chi connectivity index (χ1v) is 7.74. The number of nitrogens with zero attached hydrogens (tertiary/aromatic N) is 2. The molecule has 0 saturated carbocycles. The van der Waals surface area contributed by atoms with Gasteiger partial charge in [0.15, 0.2) is 5.82 Å². The zero-order chi connectivity index (χ0) is 17.7. The van der Waals surface area contributed by atoms with Gasteiger partial charge in [0.2, 0.25) is 5.91 Å². The Balaban J connectivity index is 2.09. The summed E-state index contributed by atoms with van der Waals surface area (Å²) in [6, 6.07) is 6.12. The fraction of sp³-hybridized carbons (Fsp3) is 0.188. The average Bonchev–Trinajstić information content (AvgIpc) is 2.93. The van der Waals surface area contributed by atoms with Crippen LogP contribution in [-0.4, -0.2) is 35.0 Å². The lowest BCUT2D eigenvalue weighted by atomic mass is 10.2. The van der Waals surface area contributed by atoms with E-state index in [2.05, 4.69) is 17.1 Å². The first-order chi connectivity index (χ1) is 11.4. The third-order valence-electron chi connectivity index (χ3n) is 3.03. The van der Waals surface area contributed by atoms with E-state index < -0.39 is 5.91 Å². The van der Waals surface area contributed by atoms with Crippen molar-refractivity contribution in [2.24, 2.45) is 0 Å². The fourth-order valence-electron chi connectivity index (χ4n) is 1.97. The summed E-state index contributed by atoms with van der Waals surface area (Å²) in [6.45, 7) is 5.34. The summed E-state index contributed by atoms with van der Waals surface area (Å²) >= 11 is 11.8. The van der Waals surface area contributed by atoms with Gasteiger partial charge < -0.3 is 14.7 Å². The number of hydrogen-bond acceptors (Lipinski definition) is 4. The van der Waals surface area contributed by atoms with E-state index in [-0.39, 0.29) is 29.8 Å². The highest BCUT2D eigenvalue weighted by atomic mass is 35.5. The molecule has 24 heavy (non-hydrogen) atoms. The summed E-state index contributed by atoms with van der Waals surface area (Å²) < 4.78 is 4.87. The Morgan fingerprint density at radius 1 is 1.33 bits per heavy atom. The van der Waals surface area contributed by atoms with Crippen molar-refractivity contribution in [1.82, 2.24) is 10.1 Å². The van der Waals surface area contributed by atoms with E-state index in [1.54, 1.807) is 19.1 Å². The molecule has 126 valence electrons. The van der Waals surface area contributed by atoms with Crippen LogP contribution in [0.3, 0.4) is 0 Å². The molecule has 2 aromatic rings. The molecule has 0 atom stereocenters. The van der Waals surface area contributed by atoms with E-state index >= 15 is 0 Å². The number of aryl methyl sites for hydroxylation is 1. The smallest absolute Gasteiger partial charge is 0.254 e. The number of carbonyl (C=O) groups excluding carboxylic acids is 2. The summed E-state index contributed by atoms with van der Waals surface area (Å²) in [5.74, 6) is 0.0941. The molecule has 0 fully saturated rings. The van der Waals surface area contributed by atoms with E-state index in [9.17, 15) is 9.59 Å². The Kier molecular flexibility index (Phi) is 6.00. The molecule has 0 aliphatic heterocycles. The Bertz CT molecular complexity index is 774. The molecule has 2 amide bonds. The van der Waals surface area contributed by atoms with Crippen molar-refractivity contribution in [3.8, 4) is 0 Å². The number of amides is 2. The molecule has 1 N–H and O–H groups in total. The van der Waals surface area contributed by atoms with Gasteiger partial charge in [0, 0.05) is 18.2 Å². The SMILES string of the molecule is C=CCN(CC(=O)Nc1cc(C)on1)C(=O)c1ccc(Cl)c(Cl)c1. The van der Waals surface area contributed by atoms with Crippen molar-refractivity contribution in [1.29, 1.82) is 0 Å². The topological polar surface area (TPSA) is 75.4 Å². The van der Waals surface area contributed by atoms with Gasteiger partial charge in [0.05, 0.1) is 10.0 Å².